The lowest BCUT2D eigenvalue weighted by Gasteiger charge is -2.68. The van der Waals surface area contributed by atoms with Gasteiger partial charge in [-0.15, -0.1) is 10.2 Å². The lowest BCUT2D eigenvalue weighted by Crippen LogP contribution is -2.77. The summed E-state index contributed by atoms with van der Waals surface area (Å²) in [5, 5.41) is 11.4. The third-order valence-electron chi connectivity index (χ3n) is 6.99. The van der Waals surface area contributed by atoms with E-state index in [-0.39, 0.29) is 35.9 Å². The summed E-state index contributed by atoms with van der Waals surface area (Å²) in [6, 6.07) is 8.49. The Labute approximate surface area is 195 Å². The molecule has 8 nitrogen and oxygen atoms in total. The second-order valence-electron chi connectivity index (χ2n) is 9.82. The van der Waals surface area contributed by atoms with Gasteiger partial charge >= 0.3 is 0 Å². The van der Waals surface area contributed by atoms with Gasteiger partial charge in [-0.05, 0) is 62.8 Å². The zero-order valence-corrected chi connectivity index (χ0v) is 18.8. The van der Waals surface area contributed by atoms with Gasteiger partial charge in [0, 0.05) is 23.2 Å². The maximum absolute atomic E-state index is 13.6. The van der Waals surface area contributed by atoms with Gasteiger partial charge < -0.3 is 19.2 Å². The molecule has 4 saturated carbocycles. The van der Waals surface area contributed by atoms with Crippen LogP contribution in [-0.2, 0) is 16.8 Å². The molecule has 1 amide bonds. The minimum Gasteiger partial charge on any atom is -0.484 e. The van der Waals surface area contributed by atoms with E-state index in [0.717, 1.165) is 25.0 Å². The summed E-state index contributed by atoms with van der Waals surface area (Å²) in [7, 11) is 0. The van der Waals surface area contributed by atoms with Crippen LogP contribution in [0.4, 0.5) is 4.39 Å². The third kappa shape index (κ3) is 3.89. The molecule has 0 saturated heterocycles. The van der Waals surface area contributed by atoms with Crippen LogP contribution in [0.3, 0.4) is 0 Å². The van der Waals surface area contributed by atoms with Gasteiger partial charge in [0.25, 0.3) is 11.8 Å². The molecule has 0 aliphatic heterocycles. The minimum atomic E-state index is -0.355. The zero-order valence-electron chi connectivity index (χ0n) is 18.8. The summed E-state index contributed by atoms with van der Waals surface area (Å²) in [4.78, 5) is 16.8. The van der Waals surface area contributed by atoms with Gasteiger partial charge in [0.05, 0.1) is 11.6 Å². The smallest absolute Gasteiger partial charge is 0.258 e. The summed E-state index contributed by atoms with van der Waals surface area (Å²) in [6.07, 6.45) is 6.41. The van der Waals surface area contributed by atoms with Gasteiger partial charge in [-0.2, -0.15) is 0 Å². The van der Waals surface area contributed by atoms with Gasteiger partial charge in [0.15, 0.2) is 13.2 Å². The second kappa shape index (κ2) is 7.78. The van der Waals surface area contributed by atoms with Crippen LogP contribution >= 0.6 is 0 Å². The molecule has 176 valence electrons. The first kappa shape index (κ1) is 21.1. The molecule has 2 bridgehead atoms. The minimum absolute atomic E-state index is 0.157. The fourth-order valence-electron chi connectivity index (χ4n) is 5.06. The molecule has 9 heteroatoms. The second-order valence-corrected chi connectivity index (χ2v) is 9.82. The summed E-state index contributed by atoms with van der Waals surface area (Å²) < 4.78 is 30.6. The van der Waals surface area contributed by atoms with Gasteiger partial charge in [0.1, 0.15) is 17.3 Å². The molecule has 2 aromatic heterocycles. The molecule has 1 N–H and O–H groups in total. The maximum atomic E-state index is 13.6. The Bertz CT molecular complexity index is 1220. The normalized spacial score (nSPS) is 24.6. The number of nitrogens with zero attached hydrogens (tertiary/aromatic N) is 3. The van der Waals surface area contributed by atoms with Crippen molar-refractivity contribution in [2.45, 2.75) is 62.5 Å². The van der Waals surface area contributed by atoms with E-state index in [1.165, 1.54) is 18.9 Å². The molecular formula is C25H25FN4O4. The number of rotatable bonds is 9. The third-order valence-corrected chi connectivity index (χ3v) is 6.99. The molecule has 4 aliphatic carbocycles. The average Bonchev–Trinajstić information content (AvgIpc) is 3.53. The lowest BCUT2D eigenvalue weighted by atomic mass is 9.39. The number of hydrogen-bond acceptors (Lipinski definition) is 7. The number of halogens is 1. The number of carbonyl (C=O) groups is 1. The summed E-state index contributed by atoms with van der Waals surface area (Å²) in [5.41, 5.74) is 1.23. The van der Waals surface area contributed by atoms with Crippen molar-refractivity contribution in [3.05, 3.63) is 65.4 Å². The van der Waals surface area contributed by atoms with E-state index >= 15 is 0 Å². The first-order valence-corrected chi connectivity index (χ1v) is 11.5. The number of hydrogen-bond donors (Lipinski definition) is 1. The van der Waals surface area contributed by atoms with Crippen LogP contribution in [0.15, 0.2) is 40.9 Å². The van der Waals surface area contributed by atoms with Crippen molar-refractivity contribution in [3.8, 4) is 11.5 Å². The van der Waals surface area contributed by atoms with Gasteiger partial charge in [-0.25, -0.2) is 4.39 Å². The van der Waals surface area contributed by atoms with Crippen LogP contribution in [0, 0.1) is 12.7 Å². The number of carbonyl (C=O) groups excluding carboxylic acids is 1. The highest BCUT2D eigenvalue weighted by atomic mass is 19.1. The van der Waals surface area contributed by atoms with E-state index in [4.69, 9.17) is 13.9 Å². The predicted molar refractivity (Wildman–Crippen MR) is 118 cm³/mol. The molecule has 34 heavy (non-hydrogen) atoms. The first-order chi connectivity index (χ1) is 16.4. The van der Waals surface area contributed by atoms with Crippen molar-refractivity contribution in [1.29, 1.82) is 0 Å². The average molecular weight is 464 g/mol. The number of aromatic nitrogens is 3. The van der Waals surface area contributed by atoms with Crippen LogP contribution < -0.4 is 14.8 Å². The quantitative estimate of drug-likeness (QED) is 0.515. The number of benzene rings is 1. The van der Waals surface area contributed by atoms with Crippen molar-refractivity contribution in [1.82, 2.24) is 20.5 Å². The molecule has 3 aromatic rings. The first-order valence-electron chi connectivity index (χ1n) is 11.5. The molecule has 0 unspecified atom stereocenters. The maximum Gasteiger partial charge on any atom is 0.258 e. The molecule has 0 atom stereocenters. The number of pyridine rings is 1. The molecular weight excluding hydrogens is 439 g/mol. The Morgan fingerprint density at radius 3 is 2.65 bits per heavy atom. The van der Waals surface area contributed by atoms with E-state index in [1.807, 2.05) is 12.1 Å². The Balaban J connectivity index is 0.971. The Kier molecular flexibility index (Phi) is 4.82. The monoisotopic (exact) mass is 464 g/mol. The van der Waals surface area contributed by atoms with Gasteiger partial charge in [-0.1, -0.05) is 6.07 Å². The zero-order chi connectivity index (χ0) is 23.3. The Hall–Kier alpha value is -3.49. The van der Waals surface area contributed by atoms with E-state index in [2.05, 4.69) is 20.5 Å². The van der Waals surface area contributed by atoms with E-state index < -0.39 is 0 Å². The van der Waals surface area contributed by atoms with Crippen molar-refractivity contribution < 1.29 is 23.1 Å². The molecule has 1 aromatic carbocycles. The van der Waals surface area contributed by atoms with Gasteiger partial charge in [-0.3, -0.25) is 9.78 Å². The fraction of sp³-hybridized carbons (Fsp3) is 0.440. The molecule has 7 rings (SSSR count). The highest BCUT2D eigenvalue weighted by Crippen LogP contribution is 2.67. The number of aryl methyl sites for hydroxylation is 1. The lowest BCUT2D eigenvalue weighted by molar-refractivity contribution is -0.143. The Morgan fingerprint density at radius 1 is 1.15 bits per heavy atom. The highest BCUT2D eigenvalue weighted by Gasteiger charge is 2.71. The molecule has 0 spiro atoms. The van der Waals surface area contributed by atoms with Crippen molar-refractivity contribution in [2.75, 3.05) is 6.61 Å². The van der Waals surface area contributed by atoms with Crippen molar-refractivity contribution in [3.63, 3.8) is 0 Å². The standard InChI is InChI=1S/C25H25FN4O4/c1-15-2-5-17(8-19(15)26)32-10-21(31)28-25-12-24(13-25,14-25)23-30-29-22(34-23)11-33-18-6-7-20(27-9-18)16-3-4-16/h2,5-9,16H,3-4,10-14H2,1H3,(H,28,31). The highest BCUT2D eigenvalue weighted by molar-refractivity contribution is 5.79. The number of ether oxygens (including phenoxy) is 2. The Morgan fingerprint density at radius 2 is 1.94 bits per heavy atom. The SMILES string of the molecule is Cc1ccc(OCC(=O)NC23CC(c4nnc(COc5ccc(C6CC6)nc5)o4)(C2)C3)cc1F. The topological polar surface area (TPSA) is 99.4 Å². The van der Waals surface area contributed by atoms with Crippen LogP contribution in [0.25, 0.3) is 0 Å². The van der Waals surface area contributed by atoms with E-state index in [9.17, 15) is 9.18 Å². The molecule has 4 fully saturated rings. The van der Waals surface area contributed by atoms with Crippen LogP contribution in [0.2, 0.25) is 0 Å². The van der Waals surface area contributed by atoms with Crippen LogP contribution in [0.1, 0.15) is 61.1 Å². The largest absolute Gasteiger partial charge is 0.484 e. The number of nitrogens with one attached hydrogen (secondary N) is 1. The van der Waals surface area contributed by atoms with E-state index in [1.54, 1.807) is 25.3 Å². The summed E-state index contributed by atoms with van der Waals surface area (Å²) in [5.74, 6) is 2.05. The summed E-state index contributed by atoms with van der Waals surface area (Å²) in [6.45, 7) is 1.71. The molecule has 4 aliphatic rings. The van der Waals surface area contributed by atoms with E-state index in [0.29, 0.717) is 34.8 Å². The van der Waals surface area contributed by atoms with Crippen LogP contribution in [0.5, 0.6) is 11.5 Å². The van der Waals surface area contributed by atoms with Gasteiger partial charge in [0.2, 0.25) is 5.89 Å². The van der Waals surface area contributed by atoms with Crippen LogP contribution in [-0.4, -0.2) is 33.2 Å². The molecule has 0 radical (unpaired) electrons. The number of amides is 1. The molecule has 2 heterocycles. The van der Waals surface area contributed by atoms with Crippen molar-refractivity contribution in [2.24, 2.45) is 0 Å². The fourth-order valence-corrected chi connectivity index (χ4v) is 5.06. The van der Waals surface area contributed by atoms with Crippen molar-refractivity contribution >= 4 is 5.91 Å². The predicted octanol–water partition coefficient (Wildman–Crippen LogP) is 3.74. The summed E-state index contributed by atoms with van der Waals surface area (Å²) >= 11 is 0.